The summed E-state index contributed by atoms with van der Waals surface area (Å²) in [5, 5.41) is 3.87. The van der Waals surface area contributed by atoms with Gasteiger partial charge in [0.05, 0.1) is 5.02 Å². The Balaban J connectivity index is 2.08. The minimum Gasteiger partial charge on any atom is -0.381 e. The molecule has 0 aliphatic carbocycles. The Hall–Kier alpha value is -1.06. The first kappa shape index (κ1) is 13.4. The lowest BCUT2D eigenvalue weighted by Crippen LogP contribution is -2.00. The van der Waals surface area contributed by atoms with E-state index in [4.69, 9.17) is 11.6 Å². The molecule has 94 valence electrons. The summed E-state index contributed by atoms with van der Waals surface area (Å²) in [6, 6.07) is 10.6. The second-order valence-electron chi connectivity index (χ2n) is 4.12. The van der Waals surface area contributed by atoms with E-state index in [1.807, 2.05) is 31.2 Å². The molecule has 0 bridgehead atoms. The van der Waals surface area contributed by atoms with Crippen LogP contribution >= 0.6 is 27.5 Å². The van der Waals surface area contributed by atoms with E-state index in [-0.39, 0.29) is 5.82 Å². The molecule has 0 unspecified atom stereocenters. The van der Waals surface area contributed by atoms with Crippen LogP contribution in [0, 0.1) is 12.7 Å². The molecule has 0 aliphatic rings. The van der Waals surface area contributed by atoms with Gasteiger partial charge in [0.1, 0.15) is 5.82 Å². The second-order valence-corrected chi connectivity index (χ2v) is 5.38. The minimum absolute atomic E-state index is 0.227. The normalized spacial score (nSPS) is 10.4. The van der Waals surface area contributed by atoms with Crippen molar-refractivity contribution in [1.29, 1.82) is 0 Å². The molecule has 0 aromatic heterocycles. The van der Waals surface area contributed by atoms with E-state index in [9.17, 15) is 4.39 Å². The molecule has 0 spiro atoms. The number of anilines is 1. The predicted molar refractivity (Wildman–Crippen MR) is 77.6 cm³/mol. The van der Waals surface area contributed by atoms with Crippen LogP contribution in [-0.2, 0) is 6.54 Å². The Bertz CT molecular complexity index is 551. The van der Waals surface area contributed by atoms with Crippen LogP contribution < -0.4 is 5.32 Å². The first-order valence-electron chi connectivity index (χ1n) is 5.49. The highest BCUT2D eigenvalue weighted by atomic mass is 79.9. The van der Waals surface area contributed by atoms with Crippen LogP contribution in [-0.4, -0.2) is 0 Å². The van der Waals surface area contributed by atoms with Crippen LogP contribution in [0.2, 0.25) is 5.02 Å². The summed E-state index contributed by atoms with van der Waals surface area (Å²) in [5.41, 5.74) is 2.75. The molecule has 0 fully saturated rings. The van der Waals surface area contributed by atoms with E-state index < -0.39 is 0 Å². The number of aryl methyl sites for hydroxylation is 1. The minimum atomic E-state index is -0.227. The van der Waals surface area contributed by atoms with E-state index in [2.05, 4.69) is 21.2 Å². The lowest BCUT2D eigenvalue weighted by molar-refractivity contribution is 0.627. The number of hydrogen-bond acceptors (Lipinski definition) is 1. The molecule has 4 heteroatoms. The average molecular weight is 329 g/mol. The molecule has 1 nitrogen and oxygen atoms in total. The average Bonchev–Trinajstić information content (AvgIpc) is 2.29. The standard InChI is InChI=1S/C14H12BrClFN/c1-9-4-11(17)7-12(5-9)18-8-10-2-3-14(16)13(15)6-10/h2-7,18H,8H2,1H3. The summed E-state index contributed by atoms with van der Waals surface area (Å²) < 4.78 is 14.1. The van der Waals surface area contributed by atoms with Crippen LogP contribution in [0.25, 0.3) is 0 Å². The Morgan fingerprint density at radius 1 is 1.22 bits per heavy atom. The van der Waals surface area contributed by atoms with Crippen molar-refractivity contribution in [2.24, 2.45) is 0 Å². The van der Waals surface area contributed by atoms with Gasteiger partial charge in [-0.05, 0) is 64.3 Å². The van der Waals surface area contributed by atoms with Gasteiger partial charge in [0.2, 0.25) is 0 Å². The Morgan fingerprint density at radius 2 is 2.00 bits per heavy atom. The molecular formula is C14H12BrClFN. The third-order valence-electron chi connectivity index (χ3n) is 2.52. The number of benzene rings is 2. The summed E-state index contributed by atoms with van der Waals surface area (Å²) in [4.78, 5) is 0. The second kappa shape index (κ2) is 5.72. The Kier molecular flexibility index (Phi) is 4.25. The number of rotatable bonds is 3. The summed E-state index contributed by atoms with van der Waals surface area (Å²) in [5.74, 6) is -0.227. The molecule has 2 rings (SSSR count). The molecular weight excluding hydrogens is 317 g/mol. The molecule has 0 heterocycles. The lowest BCUT2D eigenvalue weighted by atomic mass is 10.2. The van der Waals surface area contributed by atoms with Crippen LogP contribution in [0.4, 0.5) is 10.1 Å². The van der Waals surface area contributed by atoms with Gasteiger partial charge < -0.3 is 5.32 Å². The van der Waals surface area contributed by atoms with Gasteiger partial charge in [-0.2, -0.15) is 0 Å². The summed E-state index contributed by atoms with van der Waals surface area (Å²) >= 11 is 9.30. The van der Waals surface area contributed by atoms with Gasteiger partial charge >= 0.3 is 0 Å². The third-order valence-corrected chi connectivity index (χ3v) is 3.74. The quantitative estimate of drug-likeness (QED) is 0.820. The van der Waals surface area contributed by atoms with Gasteiger partial charge in [-0.3, -0.25) is 0 Å². The van der Waals surface area contributed by atoms with Crippen molar-refractivity contribution in [2.45, 2.75) is 13.5 Å². The van der Waals surface area contributed by atoms with Gasteiger partial charge in [-0.1, -0.05) is 17.7 Å². The zero-order valence-corrected chi connectivity index (χ0v) is 12.1. The highest BCUT2D eigenvalue weighted by Gasteiger charge is 2.01. The van der Waals surface area contributed by atoms with Crippen molar-refractivity contribution in [2.75, 3.05) is 5.32 Å². The molecule has 18 heavy (non-hydrogen) atoms. The Morgan fingerprint density at radius 3 is 2.67 bits per heavy atom. The molecule has 1 N–H and O–H groups in total. The molecule has 2 aromatic carbocycles. The molecule has 0 saturated heterocycles. The molecule has 0 atom stereocenters. The number of nitrogens with one attached hydrogen (secondary N) is 1. The fourth-order valence-electron chi connectivity index (χ4n) is 1.69. The fourth-order valence-corrected chi connectivity index (χ4v) is 2.24. The topological polar surface area (TPSA) is 12.0 Å². The van der Waals surface area contributed by atoms with Crippen molar-refractivity contribution in [3.05, 3.63) is 62.8 Å². The van der Waals surface area contributed by atoms with Crippen LogP contribution in [0.15, 0.2) is 40.9 Å². The molecule has 0 aliphatic heterocycles. The maximum atomic E-state index is 13.2. The van der Waals surface area contributed by atoms with Crippen LogP contribution in [0.1, 0.15) is 11.1 Å². The largest absolute Gasteiger partial charge is 0.381 e. The summed E-state index contributed by atoms with van der Waals surface area (Å²) in [7, 11) is 0. The van der Waals surface area contributed by atoms with E-state index in [0.717, 1.165) is 21.3 Å². The van der Waals surface area contributed by atoms with Gasteiger partial charge in [0.25, 0.3) is 0 Å². The van der Waals surface area contributed by atoms with Crippen LogP contribution in [0.3, 0.4) is 0 Å². The van der Waals surface area contributed by atoms with Gasteiger partial charge in [0, 0.05) is 16.7 Å². The lowest BCUT2D eigenvalue weighted by Gasteiger charge is -2.08. The zero-order valence-electron chi connectivity index (χ0n) is 9.81. The molecule has 0 amide bonds. The first-order chi connectivity index (χ1) is 8.54. The smallest absolute Gasteiger partial charge is 0.125 e. The number of hydrogen-bond donors (Lipinski definition) is 1. The van der Waals surface area contributed by atoms with Gasteiger partial charge in [-0.25, -0.2) is 4.39 Å². The maximum Gasteiger partial charge on any atom is 0.125 e. The van der Waals surface area contributed by atoms with E-state index in [1.165, 1.54) is 12.1 Å². The first-order valence-corrected chi connectivity index (χ1v) is 6.67. The molecule has 0 saturated carbocycles. The van der Waals surface area contributed by atoms with Crippen molar-refractivity contribution in [3.63, 3.8) is 0 Å². The van der Waals surface area contributed by atoms with Crippen LogP contribution in [0.5, 0.6) is 0 Å². The van der Waals surface area contributed by atoms with Crippen molar-refractivity contribution in [3.8, 4) is 0 Å². The highest BCUT2D eigenvalue weighted by molar-refractivity contribution is 9.10. The fraction of sp³-hybridized carbons (Fsp3) is 0.143. The SMILES string of the molecule is Cc1cc(F)cc(NCc2ccc(Cl)c(Br)c2)c1. The van der Waals surface area contributed by atoms with E-state index >= 15 is 0 Å². The van der Waals surface area contributed by atoms with Gasteiger partial charge in [0.15, 0.2) is 0 Å². The van der Waals surface area contributed by atoms with Crippen molar-refractivity contribution in [1.82, 2.24) is 0 Å². The molecule has 2 aromatic rings. The number of halogens is 3. The predicted octanol–water partition coefficient (Wildman–Crippen LogP) is 5.16. The Labute approximate surface area is 119 Å². The summed E-state index contributed by atoms with van der Waals surface area (Å²) in [6.07, 6.45) is 0. The monoisotopic (exact) mass is 327 g/mol. The van der Waals surface area contributed by atoms with E-state index in [1.54, 1.807) is 0 Å². The van der Waals surface area contributed by atoms with Crippen molar-refractivity contribution >= 4 is 33.2 Å². The molecule has 0 radical (unpaired) electrons. The third kappa shape index (κ3) is 3.47. The maximum absolute atomic E-state index is 13.2. The summed E-state index contributed by atoms with van der Waals surface area (Å²) in [6.45, 7) is 2.49. The highest BCUT2D eigenvalue weighted by Crippen LogP contribution is 2.23. The van der Waals surface area contributed by atoms with Gasteiger partial charge in [-0.15, -0.1) is 0 Å². The van der Waals surface area contributed by atoms with Crippen molar-refractivity contribution < 1.29 is 4.39 Å². The zero-order chi connectivity index (χ0) is 13.1. The van der Waals surface area contributed by atoms with E-state index in [0.29, 0.717) is 11.6 Å².